The van der Waals surface area contributed by atoms with E-state index in [1.807, 2.05) is 0 Å². The van der Waals surface area contributed by atoms with Crippen LogP contribution in [0.2, 0.25) is 0 Å². The monoisotopic (exact) mass is 812 g/mol. The number of benzene rings is 11. The molecule has 0 aliphatic heterocycles. The van der Waals surface area contributed by atoms with Gasteiger partial charge in [-0.1, -0.05) is 188 Å². The third kappa shape index (κ3) is 5.66. The average Bonchev–Trinajstić information content (AvgIpc) is 3.88. The summed E-state index contributed by atoms with van der Waals surface area (Å²) < 4.78 is 4.76. The van der Waals surface area contributed by atoms with Gasteiger partial charge in [-0.15, -0.1) is 0 Å². The highest BCUT2D eigenvalue weighted by molar-refractivity contribution is 6.21. The van der Waals surface area contributed by atoms with Gasteiger partial charge in [0.2, 0.25) is 0 Å². The largest absolute Gasteiger partial charge is 0.309 e. The van der Waals surface area contributed by atoms with Gasteiger partial charge >= 0.3 is 0 Å². The van der Waals surface area contributed by atoms with Gasteiger partial charge in [0.25, 0.3) is 0 Å². The van der Waals surface area contributed by atoms with Crippen molar-refractivity contribution in [3.8, 4) is 55.9 Å². The van der Waals surface area contributed by atoms with E-state index in [0.717, 1.165) is 0 Å². The fraction of sp³-hybridized carbons (Fsp3) is 0. The Labute approximate surface area is 371 Å². The van der Waals surface area contributed by atoms with E-state index in [2.05, 4.69) is 252 Å². The van der Waals surface area contributed by atoms with Gasteiger partial charge in [-0.25, -0.2) is 0 Å². The van der Waals surface area contributed by atoms with E-state index in [1.54, 1.807) is 0 Å². The third-order valence-corrected chi connectivity index (χ3v) is 13.3. The SMILES string of the molecule is c1ccc(-n2c3ccccc3c3cc(-c4ccc(-c5c6ccccc6c(-c6ccc(-c7ccc8c9ccccc9n(-c9ccccc9)c8c7)cc6)c6ccccc56)cc4)ccc32)cc1. The van der Waals surface area contributed by atoms with E-state index in [1.165, 1.54) is 121 Å². The average molecular weight is 813 g/mol. The summed E-state index contributed by atoms with van der Waals surface area (Å²) in [5.74, 6) is 0. The summed E-state index contributed by atoms with van der Waals surface area (Å²) in [6.45, 7) is 0. The van der Waals surface area contributed by atoms with Crippen LogP contribution < -0.4 is 0 Å². The number of fused-ring (bicyclic) bond motifs is 8. The molecule has 0 saturated carbocycles. The van der Waals surface area contributed by atoms with Crippen LogP contribution >= 0.6 is 0 Å². The molecule has 0 spiro atoms. The molecular formula is C62H40N2. The summed E-state index contributed by atoms with van der Waals surface area (Å²) in [5.41, 5.74) is 17.0. The van der Waals surface area contributed by atoms with E-state index >= 15 is 0 Å². The Morgan fingerprint density at radius 3 is 1.02 bits per heavy atom. The minimum atomic E-state index is 1.17. The molecule has 2 aromatic heterocycles. The van der Waals surface area contributed by atoms with Gasteiger partial charge in [0.15, 0.2) is 0 Å². The van der Waals surface area contributed by atoms with Crippen molar-refractivity contribution in [1.82, 2.24) is 9.13 Å². The maximum absolute atomic E-state index is 2.39. The molecule has 0 atom stereocenters. The zero-order valence-electron chi connectivity index (χ0n) is 35.0. The van der Waals surface area contributed by atoms with Crippen LogP contribution in [0.1, 0.15) is 0 Å². The lowest BCUT2D eigenvalue weighted by atomic mass is 9.85. The first-order chi connectivity index (χ1) is 31.8. The molecule has 0 amide bonds. The molecule has 0 aliphatic carbocycles. The summed E-state index contributed by atoms with van der Waals surface area (Å²) in [4.78, 5) is 0. The van der Waals surface area contributed by atoms with Crippen molar-refractivity contribution in [1.29, 1.82) is 0 Å². The molecule has 11 aromatic carbocycles. The van der Waals surface area contributed by atoms with E-state index in [9.17, 15) is 0 Å². The summed E-state index contributed by atoms with van der Waals surface area (Å²) in [6, 6.07) is 88.9. The molecule has 0 unspecified atom stereocenters. The summed E-state index contributed by atoms with van der Waals surface area (Å²) in [6.07, 6.45) is 0. The van der Waals surface area contributed by atoms with Crippen LogP contribution in [0.4, 0.5) is 0 Å². The number of hydrogen-bond donors (Lipinski definition) is 0. The topological polar surface area (TPSA) is 9.86 Å². The molecule has 0 radical (unpaired) electrons. The Hall–Kier alpha value is -8.46. The lowest BCUT2D eigenvalue weighted by Gasteiger charge is -2.18. The number of nitrogens with zero attached hydrogens (tertiary/aromatic N) is 2. The Bertz CT molecular complexity index is 3850. The van der Waals surface area contributed by atoms with Crippen molar-refractivity contribution in [2.75, 3.05) is 0 Å². The van der Waals surface area contributed by atoms with Crippen molar-refractivity contribution >= 4 is 65.2 Å². The predicted molar refractivity (Wildman–Crippen MR) is 272 cm³/mol. The van der Waals surface area contributed by atoms with Gasteiger partial charge in [-0.2, -0.15) is 0 Å². The maximum Gasteiger partial charge on any atom is 0.0547 e. The Morgan fingerprint density at radius 2 is 0.516 bits per heavy atom. The van der Waals surface area contributed by atoms with Crippen molar-refractivity contribution < 1.29 is 0 Å². The molecule has 13 rings (SSSR count). The quantitative estimate of drug-likeness (QED) is 0.148. The molecule has 298 valence electrons. The molecule has 0 saturated heterocycles. The minimum absolute atomic E-state index is 1.17. The third-order valence-electron chi connectivity index (χ3n) is 13.3. The molecular weight excluding hydrogens is 773 g/mol. The molecule has 0 fully saturated rings. The molecule has 0 aliphatic rings. The second-order valence-electron chi connectivity index (χ2n) is 16.8. The van der Waals surface area contributed by atoms with Gasteiger partial charge in [0.1, 0.15) is 0 Å². The predicted octanol–water partition coefficient (Wildman–Crippen LogP) is 16.9. The standard InChI is InChI=1S/C62H40N2/c1-3-15-47(16-4-1)63-58-26-14-12-20-50(58)56-39-45(36-38-59(56)63)41-27-31-43(32-28-41)61-52-21-7-9-23-54(52)62(55-24-10-8-22-53(55)61)44-33-29-42(30-34-44)46-35-37-51-49-19-11-13-25-57(49)64(60(51)40-46)48-17-5-2-6-18-48/h1-40H. The minimum Gasteiger partial charge on any atom is -0.309 e. The second-order valence-corrected chi connectivity index (χ2v) is 16.8. The second kappa shape index (κ2) is 14.6. The highest BCUT2D eigenvalue weighted by Crippen LogP contribution is 2.45. The molecule has 64 heavy (non-hydrogen) atoms. The molecule has 13 aromatic rings. The molecule has 2 heteroatoms. The summed E-state index contributed by atoms with van der Waals surface area (Å²) >= 11 is 0. The molecule has 2 nitrogen and oxygen atoms in total. The highest BCUT2D eigenvalue weighted by atomic mass is 15.0. The van der Waals surface area contributed by atoms with Crippen molar-refractivity contribution in [3.63, 3.8) is 0 Å². The maximum atomic E-state index is 2.39. The van der Waals surface area contributed by atoms with E-state index in [4.69, 9.17) is 0 Å². The fourth-order valence-electron chi connectivity index (χ4n) is 10.4. The van der Waals surface area contributed by atoms with Gasteiger partial charge in [-0.05, 0) is 121 Å². The van der Waals surface area contributed by atoms with Crippen LogP contribution in [0, 0.1) is 0 Å². The number of rotatable bonds is 6. The van der Waals surface area contributed by atoms with Gasteiger partial charge in [0, 0.05) is 32.9 Å². The normalized spacial score (nSPS) is 11.8. The fourth-order valence-corrected chi connectivity index (χ4v) is 10.4. The van der Waals surface area contributed by atoms with Gasteiger partial charge in [0.05, 0.1) is 22.1 Å². The molecule has 0 N–H and O–H groups in total. The van der Waals surface area contributed by atoms with Crippen molar-refractivity contribution in [3.05, 3.63) is 243 Å². The van der Waals surface area contributed by atoms with E-state index in [-0.39, 0.29) is 0 Å². The lowest BCUT2D eigenvalue weighted by Crippen LogP contribution is -1.93. The summed E-state index contributed by atoms with van der Waals surface area (Å²) in [5, 5.41) is 10.1. The number of aromatic nitrogens is 2. The number of para-hydroxylation sites is 4. The van der Waals surface area contributed by atoms with Crippen molar-refractivity contribution in [2.45, 2.75) is 0 Å². The van der Waals surface area contributed by atoms with Crippen LogP contribution in [0.15, 0.2) is 243 Å². The number of hydrogen-bond acceptors (Lipinski definition) is 0. The lowest BCUT2D eigenvalue weighted by molar-refractivity contribution is 1.18. The first-order valence-corrected chi connectivity index (χ1v) is 22.1. The van der Waals surface area contributed by atoms with Crippen LogP contribution in [0.5, 0.6) is 0 Å². The highest BCUT2D eigenvalue weighted by Gasteiger charge is 2.19. The summed E-state index contributed by atoms with van der Waals surface area (Å²) in [7, 11) is 0. The molecule has 2 heterocycles. The first kappa shape index (κ1) is 36.2. The zero-order chi connectivity index (χ0) is 42.1. The Kier molecular flexibility index (Phi) is 8.25. The van der Waals surface area contributed by atoms with E-state index in [0.29, 0.717) is 0 Å². The van der Waals surface area contributed by atoms with Crippen molar-refractivity contribution in [2.24, 2.45) is 0 Å². The first-order valence-electron chi connectivity index (χ1n) is 22.1. The van der Waals surface area contributed by atoms with Gasteiger partial charge in [-0.3, -0.25) is 0 Å². The smallest absolute Gasteiger partial charge is 0.0547 e. The van der Waals surface area contributed by atoms with Gasteiger partial charge < -0.3 is 9.13 Å². The van der Waals surface area contributed by atoms with Crippen LogP contribution in [-0.2, 0) is 0 Å². The molecule has 0 bridgehead atoms. The Balaban J connectivity index is 0.892. The van der Waals surface area contributed by atoms with Crippen LogP contribution in [0.3, 0.4) is 0 Å². The van der Waals surface area contributed by atoms with Crippen LogP contribution in [0.25, 0.3) is 121 Å². The Morgan fingerprint density at radius 1 is 0.188 bits per heavy atom. The zero-order valence-corrected chi connectivity index (χ0v) is 35.0. The van der Waals surface area contributed by atoms with Crippen LogP contribution in [-0.4, -0.2) is 9.13 Å². The van der Waals surface area contributed by atoms with E-state index < -0.39 is 0 Å².